The molecular formula is C24H34O4. The summed E-state index contributed by atoms with van der Waals surface area (Å²) >= 11 is 0. The van der Waals surface area contributed by atoms with E-state index in [1.807, 2.05) is 26.0 Å². The van der Waals surface area contributed by atoms with Gasteiger partial charge in [-0.25, -0.2) is 0 Å². The van der Waals surface area contributed by atoms with Crippen LogP contribution in [0.1, 0.15) is 32.8 Å². The predicted octanol–water partition coefficient (Wildman–Crippen LogP) is 4.73. The normalized spacial score (nSPS) is 13.5. The van der Waals surface area contributed by atoms with Gasteiger partial charge >= 0.3 is 0 Å². The molecule has 2 aromatic carbocycles. The highest BCUT2D eigenvalue weighted by Gasteiger charge is 2.07. The lowest BCUT2D eigenvalue weighted by Gasteiger charge is -2.13. The molecule has 0 heterocycles. The van der Waals surface area contributed by atoms with Crippen LogP contribution in [0.5, 0.6) is 5.75 Å². The average Bonchev–Trinajstić information content (AvgIpc) is 2.70. The Balaban J connectivity index is 1.83. The Bertz CT molecular complexity index is 664. The SMILES string of the molecule is COCC(C)COc1ccc(-c2ccc(CCC(O)COC(C)C)cc2)cc1. The zero-order valence-corrected chi connectivity index (χ0v) is 17.6. The van der Waals surface area contributed by atoms with Crippen LogP contribution < -0.4 is 4.74 Å². The molecule has 4 nitrogen and oxygen atoms in total. The maximum absolute atomic E-state index is 9.98. The van der Waals surface area contributed by atoms with Crippen LogP contribution in [0.25, 0.3) is 11.1 Å². The molecule has 0 aliphatic heterocycles. The summed E-state index contributed by atoms with van der Waals surface area (Å²) in [5.74, 6) is 1.24. The van der Waals surface area contributed by atoms with Gasteiger partial charge in [0, 0.05) is 13.0 Å². The van der Waals surface area contributed by atoms with Crippen LogP contribution in [-0.2, 0) is 15.9 Å². The maximum Gasteiger partial charge on any atom is 0.119 e. The fourth-order valence-electron chi connectivity index (χ4n) is 2.90. The zero-order chi connectivity index (χ0) is 20.4. The van der Waals surface area contributed by atoms with Crippen molar-refractivity contribution in [2.24, 2.45) is 5.92 Å². The van der Waals surface area contributed by atoms with Gasteiger partial charge < -0.3 is 19.3 Å². The zero-order valence-electron chi connectivity index (χ0n) is 17.6. The quantitative estimate of drug-likeness (QED) is 0.573. The first-order valence-corrected chi connectivity index (χ1v) is 10.1. The third kappa shape index (κ3) is 8.01. The van der Waals surface area contributed by atoms with Gasteiger partial charge in [-0.05, 0) is 55.5 Å². The van der Waals surface area contributed by atoms with Gasteiger partial charge in [-0.3, -0.25) is 0 Å². The first-order valence-electron chi connectivity index (χ1n) is 10.1. The van der Waals surface area contributed by atoms with Crippen molar-refractivity contribution in [1.29, 1.82) is 0 Å². The van der Waals surface area contributed by atoms with E-state index in [0.717, 1.165) is 17.7 Å². The molecule has 0 saturated heterocycles. The van der Waals surface area contributed by atoms with Gasteiger partial charge in [0.05, 0.1) is 32.0 Å². The molecule has 0 amide bonds. The van der Waals surface area contributed by atoms with E-state index in [2.05, 4.69) is 43.3 Å². The molecule has 0 aromatic heterocycles. The molecule has 0 saturated carbocycles. The fraction of sp³-hybridized carbons (Fsp3) is 0.500. The van der Waals surface area contributed by atoms with Crippen LogP contribution in [0.15, 0.2) is 48.5 Å². The molecule has 0 bridgehead atoms. The van der Waals surface area contributed by atoms with Crippen LogP contribution in [0.2, 0.25) is 0 Å². The lowest BCUT2D eigenvalue weighted by atomic mass is 10.0. The van der Waals surface area contributed by atoms with Crippen LogP contribution in [0.4, 0.5) is 0 Å². The Hall–Kier alpha value is -1.88. The van der Waals surface area contributed by atoms with E-state index in [9.17, 15) is 5.11 Å². The number of hydrogen-bond acceptors (Lipinski definition) is 4. The van der Waals surface area contributed by atoms with E-state index >= 15 is 0 Å². The first-order chi connectivity index (χ1) is 13.5. The van der Waals surface area contributed by atoms with Crippen molar-refractivity contribution in [3.8, 4) is 16.9 Å². The molecule has 4 heteroatoms. The topological polar surface area (TPSA) is 47.9 Å². The molecule has 2 atom stereocenters. The maximum atomic E-state index is 9.98. The summed E-state index contributed by atoms with van der Waals surface area (Å²) in [5, 5.41) is 9.98. The molecule has 0 radical (unpaired) electrons. The van der Waals surface area contributed by atoms with Crippen LogP contribution >= 0.6 is 0 Å². The van der Waals surface area contributed by atoms with Crippen LogP contribution in [0.3, 0.4) is 0 Å². The molecule has 0 fully saturated rings. The third-order valence-corrected chi connectivity index (χ3v) is 4.52. The van der Waals surface area contributed by atoms with Crippen LogP contribution in [0, 0.1) is 5.92 Å². The standard InChI is InChI=1S/C24H34O4/c1-18(2)27-17-23(25)12-7-20-5-8-21(9-6-20)22-10-13-24(14-11-22)28-16-19(3)15-26-4/h5-6,8-11,13-14,18-19,23,25H,7,12,15-17H2,1-4H3. The number of aryl methyl sites for hydroxylation is 1. The van der Waals surface area contributed by atoms with E-state index in [4.69, 9.17) is 14.2 Å². The number of aliphatic hydroxyl groups is 1. The number of aliphatic hydroxyl groups excluding tert-OH is 1. The minimum Gasteiger partial charge on any atom is -0.493 e. The summed E-state index contributed by atoms with van der Waals surface area (Å²) in [7, 11) is 1.71. The summed E-state index contributed by atoms with van der Waals surface area (Å²) < 4.78 is 16.4. The van der Waals surface area contributed by atoms with E-state index < -0.39 is 6.10 Å². The highest BCUT2D eigenvalue weighted by Crippen LogP contribution is 2.23. The number of ether oxygens (including phenoxy) is 3. The van der Waals surface area contributed by atoms with Gasteiger partial charge in [0.25, 0.3) is 0 Å². The van der Waals surface area contributed by atoms with Gasteiger partial charge in [0.2, 0.25) is 0 Å². The van der Waals surface area contributed by atoms with Gasteiger partial charge in [-0.2, -0.15) is 0 Å². The fourth-order valence-corrected chi connectivity index (χ4v) is 2.90. The van der Waals surface area contributed by atoms with E-state index in [1.165, 1.54) is 11.1 Å². The van der Waals surface area contributed by atoms with Crippen molar-refractivity contribution in [2.75, 3.05) is 26.9 Å². The van der Waals surface area contributed by atoms with Gasteiger partial charge in [0.1, 0.15) is 5.75 Å². The predicted molar refractivity (Wildman–Crippen MR) is 114 cm³/mol. The van der Waals surface area contributed by atoms with Crippen LogP contribution in [-0.4, -0.2) is 44.2 Å². The first kappa shape index (κ1) is 22.4. The smallest absolute Gasteiger partial charge is 0.119 e. The summed E-state index contributed by atoms with van der Waals surface area (Å²) in [6.45, 7) is 7.81. The molecule has 1 N–H and O–H groups in total. The number of methoxy groups -OCH3 is 1. The lowest BCUT2D eigenvalue weighted by molar-refractivity contribution is 0.00287. The van der Waals surface area contributed by atoms with E-state index in [0.29, 0.717) is 32.2 Å². The van der Waals surface area contributed by atoms with Gasteiger partial charge in [0.15, 0.2) is 0 Å². The molecule has 0 aliphatic carbocycles. The van der Waals surface area contributed by atoms with Crippen molar-refractivity contribution in [3.05, 3.63) is 54.1 Å². The monoisotopic (exact) mass is 386 g/mol. The summed E-state index contributed by atoms with van der Waals surface area (Å²) in [4.78, 5) is 0. The van der Waals surface area contributed by atoms with Crippen molar-refractivity contribution in [3.63, 3.8) is 0 Å². The summed E-state index contributed by atoms with van der Waals surface area (Å²) in [6, 6.07) is 16.7. The largest absolute Gasteiger partial charge is 0.493 e. The third-order valence-electron chi connectivity index (χ3n) is 4.52. The van der Waals surface area contributed by atoms with Gasteiger partial charge in [-0.1, -0.05) is 43.3 Å². The Morgan fingerprint density at radius 1 is 0.821 bits per heavy atom. The number of rotatable bonds is 12. The lowest BCUT2D eigenvalue weighted by Crippen LogP contribution is -2.19. The molecule has 2 unspecified atom stereocenters. The minimum atomic E-state index is -0.416. The average molecular weight is 387 g/mol. The van der Waals surface area contributed by atoms with Crippen molar-refractivity contribution in [1.82, 2.24) is 0 Å². The van der Waals surface area contributed by atoms with Gasteiger partial charge in [-0.15, -0.1) is 0 Å². The van der Waals surface area contributed by atoms with E-state index in [-0.39, 0.29) is 6.10 Å². The Morgan fingerprint density at radius 2 is 1.43 bits per heavy atom. The highest BCUT2D eigenvalue weighted by molar-refractivity contribution is 5.64. The second-order valence-corrected chi connectivity index (χ2v) is 7.67. The van der Waals surface area contributed by atoms with Crippen molar-refractivity contribution >= 4 is 0 Å². The van der Waals surface area contributed by atoms with Crippen molar-refractivity contribution < 1.29 is 19.3 Å². The minimum absolute atomic E-state index is 0.152. The summed E-state index contributed by atoms with van der Waals surface area (Å²) in [5.41, 5.74) is 3.56. The molecule has 0 aliphatic rings. The molecule has 154 valence electrons. The molecule has 2 aromatic rings. The Labute approximate surface area is 169 Å². The molecule has 28 heavy (non-hydrogen) atoms. The number of hydrogen-bond donors (Lipinski definition) is 1. The molecular weight excluding hydrogens is 352 g/mol. The molecule has 2 rings (SSSR count). The number of benzene rings is 2. The second-order valence-electron chi connectivity index (χ2n) is 7.67. The Kier molecular flexibility index (Phi) is 9.48. The summed E-state index contributed by atoms with van der Waals surface area (Å²) in [6.07, 6.45) is 1.29. The Morgan fingerprint density at radius 3 is 2.00 bits per heavy atom. The highest BCUT2D eigenvalue weighted by atomic mass is 16.5. The van der Waals surface area contributed by atoms with Crippen molar-refractivity contribution in [2.45, 2.75) is 45.8 Å². The molecule has 0 spiro atoms. The van der Waals surface area contributed by atoms with E-state index in [1.54, 1.807) is 7.11 Å². The second kappa shape index (κ2) is 11.8.